The van der Waals surface area contributed by atoms with Crippen LogP contribution in [-0.2, 0) is 16.1 Å². The first-order valence-electron chi connectivity index (χ1n) is 5.75. The van der Waals surface area contributed by atoms with Crippen LogP contribution in [0.4, 0.5) is 0 Å². The van der Waals surface area contributed by atoms with E-state index in [-0.39, 0.29) is 12.0 Å². The number of fused-ring (bicyclic) bond motifs is 1. The van der Waals surface area contributed by atoms with Gasteiger partial charge in [-0.1, -0.05) is 18.2 Å². The fourth-order valence-corrected chi connectivity index (χ4v) is 2.00. The van der Waals surface area contributed by atoms with Crippen molar-refractivity contribution >= 4 is 5.97 Å². The van der Waals surface area contributed by atoms with E-state index in [4.69, 9.17) is 9.47 Å². The molecule has 4 heteroatoms. The number of carbonyl (C=O) groups excluding carboxylic acids is 1. The van der Waals surface area contributed by atoms with E-state index in [1.807, 2.05) is 31.2 Å². The normalized spacial score (nSPS) is 17.5. The molecule has 0 bridgehead atoms. The monoisotopic (exact) mass is 235 g/mol. The van der Waals surface area contributed by atoms with Crippen molar-refractivity contribution in [3.8, 4) is 5.75 Å². The first-order chi connectivity index (χ1) is 8.22. The van der Waals surface area contributed by atoms with E-state index in [2.05, 4.69) is 4.90 Å². The number of esters is 1. The number of rotatable bonds is 2. The van der Waals surface area contributed by atoms with Gasteiger partial charge in [0.1, 0.15) is 18.4 Å². The predicted molar refractivity (Wildman–Crippen MR) is 63.8 cm³/mol. The lowest BCUT2D eigenvalue weighted by Gasteiger charge is -2.24. The summed E-state index contributed by atoms with van der Waals surface area (Å²) < 4.78 is 10.4. The Morgan fingerprint density at radius 3 is 3.00 bits per heavy atom. The number of hydrogen-bond acceptors (Lipinski definition) is 4. The fraction of sp³-hybridized carbons (Fsp3) is 0.462. The predicted octanol–water partition coefficient (Wildman–Crippen LogP) is 1.44. The van der Waals surface area contributed by atoms with Gasteiger partial charge in [-0.3, -0.25) is 9.69 Å². The Labute approximate surface area is 101 Å². The number of benzene rings is 1. The van der Waals surface area contributed by atoms with Gasteiger partial charge in [0.2, 0.25) is 0 Å². The number of methoxy groups -OCH3 is 1. The van der Waals surface area contributed by atoms with Gasteiger partial charge in [-0.2, -0.15) is 0 Å². The molecule has 2 rings (SSSR count). The molecule has 0 saturated heterocycles. The van der Waals surface area contributed by atoms with Crippen LogP contribution in [-0.4, -0.2) is 37.2 Å². The molecule has 0 aromatic heterocycles. The molecule has 1 aromatic rings. The molecule has 1 unspecified atom stereocenters. The van der Waals surface area contributed by atoms with Crippen LogP contribution in [0.25, 0.3) is 0 Å². The molecule has 1 aliphatic heterocycles. The molecular formula is C13H17NO3. The zero-order chi connectivity index (χ0) is 12.3. The number of carbonyl (C=O) groups is 1. The number of nitrogens with zero attached hydrogens (tertiary/aromatic N) is 1. The van der Waals surface area contributed by atoms with E-state index < -0.39 is 0 Å². The van der Waals surface area contributed by atoms with Crippen molar-refractivity contribution in [3.05, 3.63) is 29.8 Å². The van der Waals surface area contributed by atoms with Gasteiger partial charge in [0, 0.05) is 18.7 Å². The highest BCUT2D eigenvalue weighted by atomic mass is 16.5. The van der Waals surface area contributed by atoms with E-state index in [0.717, 1.165) is 17.9 Å². The third kappa shape index (κ3) is 2.58. The van der Waals surface area contributed by atoms with Gasteiger partial charge in [0.15, 0.2) is 0 Å². The maximum atomic E-state index is 11.5. The summed E-state index contributed by atoms with van der Waals surface area (Å²) in [5.41, 5.74) is 1.11. The molecule has 4 nitrogen and oxygen atoms in total. The van der Waals surface area contributed by atoms with Crippen LogP contribution in [0.15, 0.2) is 24.3 Å². The van der Waals surface area contributed by atoms with Crippen LogP contribution >= 0.6 is 0 Å². The maximum Gasteiger partial charge on any atom is 0.322 e. The fourth-order valence-electron chi connectivity index (χ4n) is 2.00. The number of hydrogen-bond donors (Lipinski definition) is 0. The second kappa shape index (κ2) is 5.19. The van der Waals surface area contributed by atoms with Crippen molar-refractivity contribution in [3.63, 3.8) is 0 Å². The third-order valence-corrected chi connectivity index (χ3v) is 3.07. The van der Waals surface area contributed by atoms with Gasteiger partial charge in [-0.25, -0.2) is 0 Å². The van der Waals surface area contributed by atoms with Gasteiger partial charge in [-0.05, 0) is 13.0 Å². The highest BCUT2D eigenvalue weighted by Gasteiger charge is 2.24. The Hall–Kier alpha value is -1.55. The van der Waals surface area contributed by atoms with Gasteiger partial charge < -0.3 is 9.47 Å². The summed E-state index contributed by atoms with van der Waals surface area (Å²) in [6.45, 7) is 3.90. The molecule has 1 heterocycles. The van der Waals surface area contributed by atoms with Crippen molar-refractivity contribution in [2.45, 2.75) is 19.5 Å². The van der Waals surface area contributed by atoms with Crippen molar-refractivity contribution in [1.29, 1.82) is 0 Å². The van der Waals surface area contributed by atoms with Crippen LogP contribution in [0.1, 0.15) is 12.5 Å². The molecule has 0 N–H and O–H groups in total. The zero-order valence-electron chi connectivity index (χ0n) is 10.2. The maximum absolute atomic E-state index is 11.5. The minimum atomic E-state index is -0.241. The third-order valence-electron chi connectivity index (χ3n) is 3.07. The molecule has 0 fully saturated rings. The number of ether oxygens (including phenoxy) is 2. The summed E-state index contributed by atoms with van der Waals surface area (Å²) in [4.78, 5) is 13.6. The molecule has 1 aromatic carbocycles. The SMILES string of the molecule is COC(=O)C(C)N1CCOc2ccccc2C1. The van der Waals surface area contributed by atoms with Gasteiger partial charge in [-0.15, -0.1) is 0 Å². The van der Waals surface area contributed by atoms with Crippen LogP contribution in [0.2, 0.25) is 0 Å². The van der Waals surface area contributed by atoms with Crippen LogP contribution in [0, 0.1) is 0 Å². The minimum Gasteiger partial charge on any atom is -0.492 e. The Bertz CT molecular complexity index is 405. The van der Waals surface area contributed by atoms with E-state index >= 15 is 0 Å². The molecule has 92 valence electrons. The summed E-state index contributed by atoms with van der Waals surface area (Å²) >= 11 is 0. The van der Waals surface area contributed by atoms with Crippen molar-refractivity contribution < 1.29 is 14.3 Å². The Balaban J connectivity index is 2.15. The lowest BCUT2D eigenvalue weighted by molar-refractivity contribution is -0.146. The molecular weight excluding hydrogens is 218 g/mol. The summed E-state index contributed by atoms with van der Waals surface area (Å²) in [6.07, 6.45) is 0. The zero-order valence-corrected chi connectivity index (χ0v) is 10.2. The van der Waals surface area contributed by atoms with E-state index in [0.29, 0.717) is 13.2 Å². The second-order valence-electron chi connectivity index (χ2n) is 4.13. The average molecular weight is 235 g/mol. The summed E-state index contributed by atoms with van der Waals surface area (Å²) in [5, 5.41) is 0. The summed E-state index contributed by atoms with van der Waals surface area (Å²) in [6, 6.07) is 7.68. The minimum absolute atomic E-state index is 0.204. The molecule has 1 atom stereocenters. The van der Waals surface area contributed by atoms with E-state index in [1.54, 1.807) is 0 Å². The van der Waals surface area contributed by atoms with Gasteiger partial charge >= 0.3 is 5.97 Å². The smallest absolute Gasteiger partial charge is 0.322 e. The molecule has 0 spiro atoms. The molecule has 0 radical (unpaired) electrons. The van der Waals surface area contributed by atoms with Gasteiger partial charge in [0.05, 0.1) is 7.11 Å². The van der Waals surface area contributed by atoms with E-state index in [9.17, 15) is 4.79 Å². The highest BCUT2D eigenvalue weighted by molar-refractivity contribution is 5.75. The van der Waals surface area contributed by atoms with Gasteiger partial charge in [0.25, 0.3) is 0 Å². The Morgan fingerprint density at radius 1 is 1.47 bits per heavy atom. The second-order valence-corrected chi connectivity index (χ2v) is 4.13. The van der Waals surface area contributed by atoms with Crippen LogP contribution < -0.4 is 4.74 Å². The molecule has 1 aliphatic rings. The molecule has 0 aliphatic carbocycles. The largest absolute Gasteiger partial charge is 0.492 e. The van der Waals surface area contributed by atoms with Crippen molar-refractivity contribution in [2.24, 2.45) is 0 Å². The first kappa shape index (κ1) is 11.9. The van der Waals surface area contributed by atoms with Crippen molar-refractivity contribution in [2.75, 3.05) is 20.3 Å². The molecule has 17 heavy (non-hydrogen) atoms. The molecule has 0 amide bonds. The van der Waals surface area contributed by atoms with Crippen molar-refractivity contribution in [1.82, 2.24) is 4.90 Å². The molecule has 0 saturated carbocycles. The highest BCUT2D eigenvalue weighted by Crippen LogP contribution is 2.23. The quantitative estimate of drug-likeness (QED) is 0.727. The lowest BCUT2D eigenvalue weighted by Crippen LogP contribution is -2.40. The topological polar surface area (TPSA) is 38.8 Å². The Morgan fingerprint density at radius 2 is 2.24 bits per heavy atom. The van der Waals surface area contributed by atoms with Crippen LogP contribution in [0.3, 0.4) is 0 Å². The first-order valence-corrected chi connectivity index (χ1v) is 5.75. The number of para-hydroxylation sites is 1. The van der Waals surface area contributed by atoms with E-state index in [1.165, 1.54) is 7.11 Å². The summed E-state index contributed by atoms with van der Waals surface area (Å²) in [5.74, 6) is 0.705. The summed E-state index contributed by atoms with van der Waals surface area (Å²) in [7, 11) is 1.42. The lowest BCUT2D eigenvalue weighted by atomic mass is 10.1. The standard InChI is InChI=1S/C13H17NO3/c1-10(13(15)16-2)14-7-8-17-12-6-4-3-5-11(12)9-14/h3-6,10H,7-9H2,1-2H3. The Kier molecular flexibility index (Phi) is 3.64. The van der Waals surface area contributed by atoms with Crippen LogP contribution in [0.5, 0.6) is 5.75 Å². The average Bonchev–Trinajstić information content (AvgIpc) is 2.58.